The third-order valence-corrected chi connectivity index (χ3v) is 46.6. The maximum atomic E-state index is 3.20. The molecule has 20 rings (SSSR count). The lowest BCUT2D eigenvalue weighted by Gasteiger charge is -2.59. The Morgan fingerprint density at radius 3 is 0.906 bits per heavy atom. The molecule has 21 unspecified atom stereocenters. The van der Waals surface area contributed by atoms with Crippen molar-refractivity contribution in [3.63, 3.8) is 0 Å². The van der Waals surface area contributed by atoms with Crippen molar-refractivity contribution in [2.45, 2.75) is 550 Å². The summed E-state index contributed by atoms with van der Waals surface area (Å²) in [6, 6.07) is 11.9. The molecule has 0 aromatic rings. The summed E-state index contributed by atoms with van der Waals surface area (Å²) in [5.41, 5.74) is 0. The van der Waals surface area contributed by atoms with Crippen LogP contribution in [0.2, 0.25) is 0 Å². The fourth-order valence-electron chi connectivity index (χ4n) is 41.7. The Morgan fingerprint density at radius 1 is 0.230 bits per heavy atom. The first kappa shape index (κ1) is 111. The number of quaternary nitrogens is 10. The zero-order valence-electron chi connectivity index (χ0n) is 97.6. The minimum atomic E-state index is 0.205. The fourth-order valence-corrected chi connectivity index (χ4v) is 41.7. The van der Waals surface area contributed by atoms with Gasteiger partial charge in [-0.2, -0.15) is 49.0 Å². The Labute approximate surface area is 861 Å². The van der Waals surface area contributed by atoms with Crippen molar-refractivity contribution in [3.8, 4) is 0 Å². The second-order valence-electron chi connectivity index (χ2n) is 52.9. The maximum absolute atomic E-state index is 3.20. The number of hydrogen-bond acceptors (Lipinski definition) is 10. The Hall–Kier alpha value is -0.800. The van der Waals surface area contributed by atoms with Crippen LogP contribution in [0.1, 0.15) is 424 Å². The molecule has 0 aromatic heterocycles. The highest BCUT2D eigenvalue weighted by molar-refractivity contribution is 5.07. The van der Waals surface area contributed by atoms with Crippen molar-refractivity contribution in [2.24, 2.45) is 0 Å². The van der Waals surface area contributed by atoms with E-state index in [1.807, 2.05) is 0 Å². The molecule has 20 aliphatic rings. The number of fused-ring (bicyclic) bond motifs is 10. The summed E-state index contributed by atoms with van der Waals surface area (Å²) in [5.74, 6) is 1.14. The topological polar surface area (TPSA) is 32.4 Å². The third-order valence-electron chi connectivity index (χ3n) is 46.6. The van der Waals surface area contributed by atoms with Gasteiger partial charge in [0.1, 0.15) is 62.9 Å². The first-order valence-electron chi connectivity index (χ1n) is 63.4. The molecular formula is C119H238N20+10. The van der Waals surface area contributed by atoms with E-state index in [1.54, 1.807) is 0 Å². The molecule has 139 heavy (non-hydrogen) atoms. The van der Waals surface area contributed by atoms with Crippen LogP contribution in [-0.2, 0) is 0 Å². The van der Waals surface area contributed by atoms with Gasteiger partial charge in [-0.25, -0.2) is 44.8 Å². The van der Waals surface area contributed by atoms with Crippen molar-refractivity contribution in [2.75, 3.05) is 223 Å². The summed E-state index contributed by atoms with van der Waals surface area (Å²) >= 11 is 0. The zero-order chi connectivity index (χ0) is 99.4. The summed E-state index contributed by atoms with van der Waals surface area (Å²) in [6.07, 6.45) is 52.6. The van der Waals surface area contributed by atoms with Crippen LogP contribution >= 0.6 is 0 Å². The van der Waals surface area contributed by atoms with Crippen LogP contribution in [-0.4, -0.2) is 443 Å². The third kappa shape index (κ3) is 16.0. The van der Waals surface area contributed by atoms with Crippen molar-refractivity contribution in [1.29, 1.82) is 0 Å². The molecule has 0 aliphatic carbocycles. The number of nitrogens with zero attached hydrogens (tertiary/aromatic N) is 20. The summed E-state index contributed by atoms with van der Waals surface area (Å²) in [6.45, 7) is 112. The van der Waals surface area contributed by atoms with Crippen LogP contribution in [0.3, 0.4) is 0 Å². The van der Waals surface area contributed by atoms with Crippen LogP contribution in [0.15, 0.2) is 0 Å². The van der Waals surface area contributed by atoms with E-state index in [2.05, 4.69) is 229 Å². The van der Waals surface area contributed by atoms with Gasteiger partial charge in [-0.1, -0.05) is 124 Å². The molecule has 20 heteroatoms. The Bertz CT molecular complexity index is 3800. The molecule has 20 aliphatic heterocycles. The van der Waals surface area contributed by atoms with Crippen molar-refractivity contribution < 1.29 is 44.8 Å². The first-order chi connectivity index (χ1) is 67.1. The van der Waals surface area contributed by atoms with Gasteiger partial charge < -0.3 is 0 Å². The molecule has 20 heterocycles. The minimum absolute atomic E-state index is 0.205. The first-order valence-corrected chi connectivity index (χ1v) is 63.4. The molecule has 20 nitrogen and oxygen atoms in total. The van der Waals surface area contributed by atoms with Crippen LogP contribution in [0.4, 0.5) is 0 Å². The summed E-state index contributed by atoms with van der Waals surface area (Å²) in [7, 11) is 0. The molecule has 20 fully saturated rings. The van der Waals surface area contributed by atoms with E-state index in [4.69, 9.17) is 0 Å². The minimum Gasteiger partial charge on any atom is -0.241 e. The molecule has 0 aromatic carbocycles. The van der Waals surface area contributed by atoms with Gasteiger partial charge in [0.15, 0.2) is 0 Å². The van der Waals surface area contributed by atoms with Crippen molar-refractivity contribution in [3.05, 3.63) is 0 Å². The SMILES string of the molecule is CCC(C)N1CC(C)[N+]2(CCCC2)C12N(C(C)CC)C(C)C[N+]21CCCC1.CCC(C)N1CC(CC)[N+]2(CCCC2)C12N(C(C)CC)C(CC)C[N+]21CCCC1.CCCC1C[N+]2(CCCC2)C2(N(C(C)CC)CC(CCC)[N+]23CCCC3)N1C(C)CC.CCCN1CC(C)[N+]2(CCCC2)C12N(CCC)C(C)C[N+]21CCCC1.CCCN1CC(CC)[N+]2(CCCC2)C12N(CCC)C(CC)C[N+]21CCCC1. The molecule has 0 N–H and O–H groups in total. The fraction of sp³-hybridized carbons (Fsp3) is 1.00. The van der Waals surface area contributed by atoms with Gasteiger partial charge in [0, 0.05) is 197 Å². The molecule has 804 valence electrons. The van der Waals surface area contributed by atoms with Crippen molar-refractivity contribution in [1.82, 2.24) is 49.0 Å². The van der Waals surface area contributed by atoms with Crippen LogP contribution in [0.5, 0.6) is 0 Å². The van der Waals surface area contributed by atoms with Gasteiger partial charge in [0.25, 0.3) is 0 Å². The van der Waals surface area contributed by atoms with Crippen molar-refractivity contribution >= 4 is 0 Å². The van der Waals surface area contributed by atoms with E-state index in [-0.39, 0.29) is 29.6 Å². The molecule has 21 atom stereocenters. The summed E-state index contributed by atoms with van der Waals surface area (Å²) in [5, 5.41) is 0. The van der Waals surface area contributed by atoms with Gasteiger partial charge in [0.05, 0.1) is 194 Å². The maximum Gasteiger partial charge on any atom is 0.357 e. The van der Waals surface area contributed by atoms with E-state index >= 15 is 0 Å². The lowest BCUT2D eigenvalue weighted by Crippen LogP contribution is -2.84. The van der Waals surface area contributed by atoms with E-state index < -0.39 is 0 Å². The second kappa shape index (κ2) is 44.5. The summed E-state index contributed by atoms with van der Waals surface area (Å²) < 4.78 is 14.1. The van der Waals surface area contributed by atoms with E-state index in [1.165, 1.54) is 511 Å². The van der Waals surface area contributed by atoms with Gasteiger partial charge in [-0.15, -0.1) is 0 Å². The highest BCUT2D eigenvalue weighted by atomic mass is 15.9. The van der Waals surface area contributed by atoms with Crippen LogP contribution < -0.4 is 0 Å². The smallest absolute Gasteiger partial charge is 0.241 e. The highest BCUT2D eigenvalue weighted by Crippen LogP contribution is 2.65. The predicted molar refractivity (Wildman–Crippen MR) is 584 cm³/mol. The molecule has 20 saturated heterocycles. The second-order valence-corrected chi connectivity index (χ2v) is 52.9. The van der Waals surface area contributed by atoms with Gasteiger partial charge in [0.2, 0.25) is 0 Å². The average molecular weight is 1950 g/mol. The normalized spacial score (nSPS) is 38.9. The lowest BCUT2D eigenvalue weighted by atomic mass is 10.1. The molecular weight excluding hydrogens is 1710 g/mol. The Kier molecular flexibility index (Phi) is 35.5. The molecule has 0 bridgehead atoms. The Balaban J connectivity index is 0.000000126. The summed E-state index contributed by atoms with van der Waals surface area (Å²) in [4.78, 5) is 31.0. The lowest BCUT2D eigenvalue weighted by molar-refractivity contribution is -1.17. The average Bonchev–Trinajstić information content (AvgIpc) is 1.50. The Morgan fingerprint density at radius 2 is 0.511 bits per heavy atom. The van der Waals surface area contributed by atoms with Crippen LogP contribution in [0, 0.1) is 0 Å². The quantitative estimate of drug-likeness (QED) is 0.0707. The molecule has 15 spiro atoms. The molecule has 0 radical (unpaired) electrons. The molecule has 0 saturated carbocycles. The van der Waals surface area contributed by atoms with E-state index in [0.717, 1.165) is 54.4 Å². The van der Waals surface area contributed by atoms with Gasteiger partial charge >= 0.3 is 29.6 Å². The monoisotopic (exact) mass is 1950 g/mol. The zero-order valence-corrected chi connectivity index (χ0v) is 97.6. The van der Waals surface area contributed by atoms with E-state index in [0.29, 0.717) is 42.3 Å². The van der Waals surface area contributed by atoms with Crippen LogP contribution in [0.25, 0.3) is 0 Å². The highest BCUT2D eigenvalue weighted by Gasteiger charge is 2.89. The van der Waals surface area contributed by atoms with Gasteiger partial charge in [-0.05, 0) is 166 Å². The van der Waals surface area contributed by atoms with E-state index in [9.17, 15) is 0 Å². The predicted octanol–water partition coefficient (Wildman–Crippen LogP) is 20.7. The standard InChI is InChI=1S/C27H54N4.C25H50N4.2C23H46N4.C21H42N4/c1-7-15-25-22-30(17-11-12-18-30)27(29(25)24(6)10-4)28(23(5)9-3)21-26(16-8-2)31(27)19-13-14-20-31;1-7-21(5)26-19-24(10-4)29(17-13-14-18-29)25(26)27(22(6)8-2)23(9-3)20-28(25)15-11-12-16-28;1-7-19(3)24-17-22(6)27(15-11-12-16-27)23(24)25(20(4)8-2)21(5)18-26(23)13-9-10-14-26;1-5-13-24-19-22(8-4)27(17-11-12-18-27)23(24)25(14-6-2)21(7-3)20-26(23)15-9-10-16-26;1-5-11-22-17-20(4)25(15-9-10-16-25)21(22)23(12-6-2)19(3)18-24(21)13-7-8-14-24/h23-26H,7-22H2,1-6H3;21-24H,7-20H2,1-6H3;19-22H,7-18H2,1-6H3;21-22H,5-20H2,1-4H3;19-20H,5-18H2,1-4H3/q5*+2. The number of rotatable bonds is 28. The largest absolute Gasteiger partial charge is 0.357 e. The molecule has 0 amide bonds. The van der Waals surface area contributed by atoms with Gasteiger partial charge in [-0.3, -0.25) is 0 Å². The number of hydrogen-bond donors (Lipinski definition) is 0.